The van der Waals surface area contributed by atoms with Crippen molar-refractivity contribution in [1.29, 1.82) is 0 Å². The Labute approximate surface area is 91.2 Å². The van der Waals surface area contributed by atoms with Gasteiger partial charge in [0.25, 0.3) is 0 Å². The molecule has 4 heteroatoms. The third kappa shape index (κ3) is 2.69. The van der Waals surface area contributed by atoms with Crippen LogP contribution in [0.5, 0.6) is 5.75 Å². The van der Waals surface area contributed by atoms with Gasteiger partial charge in [0, 0.05) is 10.0 Å². The first-order valence-corrected chi connectivity index (χ1v) is 3.08. The number of hydrogen-bond donors (Lipinski definition) is 0. The Balaban J connectivity index is 0.000000810. The van der Waals surface area contributed by atoms with Gasteiger partial charge in [0.15, 0.2) is 0 Å². The van der Waals surface area contributed by atoms with Crippen LogP contribution in [0.25, 0.3) is 0 Å². The molecule has 0 unspecified atom stereocenters. The monoisotopic (exact) mass is 184 g/mol. The Morgan fingerprint density at radius 3 is 2.20 bits per heavy atom. The van der Waals surface area contributed by atoms with Crippen LogP contribution in [0.1, 0.15) is 0 Å². The Bertz CT molecular complexity index is 227. The minimum Gasteiger partial charge on any atom is -0.871 e. The van der Waals surface area contributed by atoms with E-state index in [4.69, 9.17) is 23.2 Å². The van der Waals surface area contributed by atoms with E-state index in [-0.39, 0.29) is 40.3 Å². The zero-order valence-electron chi connectivity index (χ0n) is 5.40. The summed E-state index contributed by atoms with van der Waals surface area (Å²) in [7, 11) is 0. The van der Waals surface area contributed by atoms with E-state index in [0.29, 0.717) is 5.02 Å². The van der Waals surface area contributed by atoms with E-state index in [1.165, 1.54) is 18.2 Å². The minimum absolute atomic E-state index is 0. The summed E-state index contributed by atoms with van der Waals surface area (Å²) in [6.45, 7) is 0. The topological polar surface area (TPSA) is 23.1 Å². The van der Waals surface area contributed by atoms with Gasteiger partial charge in [-0.05, 0) is 12.1 Å². The van der Waals surface area contributed by atoms with Crippen LogP contribution in [0.2, 0.25) is 10.0 Å². The van der Waals surface area contributed by atoms with E-state index in [0.717, 1.165) is 0 Å². The average Bonchev–Trinajstić information content (AvgIpc) is 1.80. The molecule has 0 aliphatic heterocycles. The van der Waals surface area contributed by atoms with Gasteiger partial charge < -0.3 is 5.11 Å². The second-order valence-electron chi connectivity index (χ2n) is 1.57. The fourth-order valence-electron chi connectivity index (χ4n) is 0.475. The van der Waals surface area contributed by atoms with E-state index >= 15 is 0 Å². The zero-order valence-corrected chi connectivity index (χ0v) is 8.91. The molecule has 0 aliphatic carbocycles. The normalized spacial score (nSPS) is 8.60. The Kier molecular flexibility index (Phi) is 4.74. The summed E-state index contributed by atoms with van der Waals surface area (Å²) < 4.78 is 0. The molecule has 0 bridgehead atoms. The Hall–Kier alpha value is 0.600. The van der Waals surface area contributed by atoms with E-state index in [1.54, 1.807) is 0 Å². The molecule has 1 aromatic rings. The SMILES string of the molecule is [Na+].[O-]c1ccc(Cl)cc1Cl. The summed E-state index contributed by atoms with van der Waals surface area (Å²) in [5.41, 5.74) is 0. The molecule has 0 amide bonds. The quantitative estimate of drug-likeness (QED) is 0.479. The predicted molar refractivity (Wildman–Crippen MR) is 35.9 cm³/mol. The molecule has 0 fully saturated rings. The second-order valence-corrected chi connectivity index (χ2v) is 2.42. The van der Waals surface area contributed by atoms with E-state index in [9.17, 15) is 5.11 Å². The molecule has 10 heavy (non-hydrogen) atoms. The molecule has 0 saturated carbocycles. The minimum atomic E-state index is -0.193. The number of halogens is 2. The summed E-state index contributed by atoms with van der Waals surface area (Å²) >= 11 is 10.9. The van der Waals surface area contributed by atoms with Gasteiger partial charge in [0.05, 0.1) is 0 Å². The first-order valence-electron chi connectivity index (χ1n) is 2.32. The first-order chi connectivity index (χ1) is 4.20. The van der Waals surface area contributed by atoms with Crippen molar-refractivity contribution in [3.63, 3.8) is 0 Å². The first kappa shape index (κ1) is 10.6. The van der Waals surface area contributed by atoms with Gasteiger partial charge in [-0.25, -0.2) is 0 Å². The Morgan fingerprint density at radius 2 is 1.80 bits per heavy atom. The maximum atomic E-state index is 10.6. The maximum Gasteiger partial charge on any atom is 1.00 e. The molecule has 0 spiro atoms. The fraction of sp³-hybridized carbons (Fsp3) is 0. The van der Waals surface area contributed by atoms with E-state index in [2.05, 4.69) is 0 Å². The van der Waals surface area contributed by atoms with Crippen LogP contribution in [0.15, 0.2) is 18.2 Å². The molecule has 0 N–H and O–H groups in total. The molecule has 0 radical (unpaired) electrons. The molecule has 0 aromatic heterocycles. The molecule has 1 rings (SSSR count). The maximum absolute atomic E-state index is 10.6. The molecule has 48 valence electrons. The van der Waals surface area contributed by atoms with Crippen LogP contribution in [-0.4, -0.2) is 0 Å². The van der Waals surface area contributed by atoms with Crippen LogP contribution in [0.4, 0.5) is 0 Å². The molecule has 0 saturated heterocycles. The predicted octanol–water partition coefficient (Wildman–Crippen LogP) is -0.929. The molecule has 0 aliphatic rings. The van der Waals surface area contributed by atoms with Crippen molar-refractivity contribution in [3.05, 3.63) is 28.2 Å². The molecule has 1 nitrogen and oxygen atoms in total. The third-order valence-electron chi connectivity index (χ3n) is 0.894. The van der Waals surface area contributed by atoms with Crippen molar-refractivity contribution in [2.45, 2.75) is 0 Å². The zero-order chi connectivity index (χ0) is 6.85. The van der Waals surface area contributed by atoms with Crippen LogP contribution >= 0.6 is 23.2 Å². The van der Waals surface area contributed by atoms with Gasteiger partial charge in [-0.1, -0.05) is 35.0 Å². The number of rotatable bonds is 0. The standard InChI is InChI=1S/C6H4Cl2O.Na/c7-4-1-2-6(9)5(8)3-4;/h1-3,9H;/q;+1/p-1. The van der Waals surface area contributed by atoms with Crippen molar-refractivity contribution in [2.24, 2.45) is 0 Å². The molecule has 1 aromatic carbocycles. The van der Waals surface area contributed by atoms with Crippen molar-refractivity contribution in [2.75, 3.05) is 0 Å². The van der Waals surface area contributed by atoms with Crippen LogP contribution in [-0.2, 0) is 0 Å². The number of hydrogen-bond acceptors (Lipinski definition) is 1. The molecule has 0 atom stereocenters. The van der Waals surface area contributed by atoms with Crippen LogP contribution < -0.4 is 34.7 Å². The summed E-state index contributed by atoms with van der Waals surface area (Å²) in [6.07, 6.45) is 0. The smallest absolute Gasteiger partial charge is 0.871 e. The van der Waals surface area contributed by atoms with E-state index in [1.807, 2.05) is 0 Å². The van der Waals surface area contributed by atoms with Gasteiger partial charge >= 0.3 is 29.6 Å². The summed E-state index contributed by atoms with van der Waals surface area (Å²) in [6, 6.07) is 4.27. The van der Waals surface area contributed by atoms with Crippen molar-refractivity contribution in [3.8, 4) is 5.75 Å². The van der Waals surface area contributed by atoms with Gasteiger partial charge in [0.2, 0.25) is 0 Å². The molecular weight excluding hydrogens is 182 g/mol. The van der Waals surface area contributed by atoms with Gasteiger partial charge in [-0.2, -0.15) is 0 Å². The van der Waals surface area contributed by atoms with Crippen molar-refractivity contribution < 1.29 is 34.7 Å². The Morgan fingerprint density at radius 1 is 1.20 bits per heavy atom. The molecular formula is C6H3Cl2NaO. The van der Waals surface area contributed by atoms with E-state index < -0.39 is 0 Å². The van der Waals surface area contributed by atoms with Gasteiger partial charge in [0.1, 0.15) is 0 Å². The largest absolute Gasteiger partial charge is 1.00 e. The van der Waals surface area contributed by atoms with Crippen LogP contribution in [0.3, 0.4) is 0 Å². The summed E-state index contributed by atoms with van der Waals surface area (Å²) in [4.78, 5) is 0. The summed E-state index contributed by atoms with van der Waals surface area (Å²) in [5.74, 6) is -0.193. The number of benzene rings is 1. The average molecular weight is 185 g/mol. The second kappa shape index (κ2) is 4.47. The third-order valence-corrected chi connectivity index (χ3v) is 1.42. The van der Waals surface area contributed by atoms with Crippen molar-refractivity contribution >= 4 is 23.2 Å². The van der Waals surface area contributed by atoms with Crippen molar-refractivity contribution in [1.82, 2.24) is 0 Å². The van der Waals surface area contributed by atoms with Gasteiger partial charge in [-0.15, -0.1) is 0 Å². The van der Waals surface area contributed by atoms with Gasteiger partial charge in [-0.3, -0.25) is 0 Å². The van der Waals surface area contributed by atoms with Crippen LogP contribution in [0, 0.1) is 0 Å². The fourth-order valence-corrected chi connectivity index (χ4v) is 0.884. The summed E-state index contributed by atoms with van der Waals surface area (Å²) in [5, 5.41) is 11.2. The molecule has 0 heterocycles.